The standard InChI is InChI=1S/C17H23NO2/c19-11-13(10-12-6-2-1-3-7-12)18-17(20)16-14-8-4-5-9-15(14)16/h1-3,6-7,13-16,19H,4-5,8-11H2,(H,18,20)/t13-,14?,15?,16?/m0/s1. The largest absolute Gasteiger partial charge is 0.394 e. The molecule has 0 heterocycles. The van der Waals surface area contributed by atoms with E-state index in [0.29, 0.717) is 18.3 Å². The van der Waals surface area contributed by atoms with Gasteiger partial charge in [0.25, 0.3) is 0 Å². The van der Waals surface area contributed by atoms with Gasteiger partial charge in [0.05, 0.1) is 12.6 Å². The fourth-order valence-corrected chi connectivity index (χ4v) is 3.74. The molecule has 2 saturated carbocycles. The van der Waals surface area contributed by atoms with Crippen molar-refractivity contribution in [3.63, 3.8) is 0 Å². The van der Waals surface area contributed by atoms with Gasteiger partial charge in [-0.05, 0) is 36.7 Å². The van der Waals surface area contributed by atoms with Gasteiger partial charge >= 0.3 is 0 Å². The number of benzene rings is 1. The van der Waals surface area contributed by atoms with Crippen LogP contribution in [0.4, 0.5) is 0 Å². The molecular weight excluding hydrogens is 250 g/mol. The number of fused-ring (bicyclic) bond motifs is 1. The number of hydrogen-bond donors (Lipinski definition) is 2. The van der Waals surface area contributed by atoms with Crippen LogP contribution in [0, 0.1) is 17.8 Å². The first-order chi connectivity index (χ1) is 9.79. The zero-order valence-corrected chi connectivity index (χ0v) is 11.8. The van der Waals surface area contributed by atoms with Gasteiger partial charge in [-0.15, -0.1) is 0 Å². The van der Waals surface area contributed by atoms with E-state index in [2.05, 4.69) is 5.32 Å². The Labute approximate surface area is 120 Å². The Morgan fingerprint density at radius 2 is 1.85 bits per heavy atom. The molecule has 0 radical (unpaired) electrons. The lowest BCUT2D eigenvalue weighted by Gasteiger charge is -2.16. The summed E-state index contributed by atoms with van der Waals surface area (Å²) < 4.78 is 0. The Balaban J connectivity index is 1.54. The monoisotopic (exact) mass is 273 g/mol. The second-order valence-corrected chi connectivity index (χ2v) is 6.22. The van der Waals surface area contributed by atoms with Crippen molar-refractivity contribution in [2.24, 2.45) is 17.8 Å². The molecule has 3 heteroatoms. The lowest BCUT2D eigenvalue weighted by Crippen LogP contribution is -2.40. The van der Waals surface area contributed by atoms with E-state index in [0.717, 1.165) is 5.56 Å². The minimum absolute atomic E-state index is 0.00267. The molecule has 1 amide bonds. The molecule has 0 spiro atoms. The third-order valence-electron chi connectivity index (χ3n) is 4.85. The van der Waals surface area contributed by atoms with Gasteiger partial charge < -0.3 is 10.4 Å². The summed E-state index contributed by atoms with van der Waals surface area (Å²) in [6.45, 7) is 0.00267. The van der Waals surface area contributed by atoms with Crippen molar-refractivity contribution in [1.82, 2.24) is 5.32 Å². The van der Waals surface area contributed by atoms with E-state index in [-0.39, 0.29) is 24.5 Å². The molecular formula is C17H23NO2. The summed E-state index contributed by atoms with van der Waals surface area (Å²) in [5.74, 6) is 1.64. The topological polar surface area (TPSA) is 49.3 Å². The van der Waals surface area contributed by atoms with Crippen LogP contribution in [0.1, 0.15) is 31.2 Å². The van der Waals surface area contributed by atoms with Crippen LogP contribution in [-0.2, 0) is 11.2 Å². The van der Waals surface area contributed by atoms with Crippen LogP contribution >= 0.6 is 0 Å². The molecule has 3 nitrogen and oxygen atoms in total. The van der Waals surface area contributed by atoms with E-state index >= 15 is 0 Å². The molecule has 0 saturated heterocycles. The number of aliphatic hydroxyl groups is 1. The molecule has 108 valence electrons. The van der Waals surface area contributed by atoms with Gasteiger partial charge in [-0.25, -0.2) is 0 Å². The Kier molecular flexibility index (Phi) is 4.06. The highest BCUT2D eigenvalue weighted by atomic mass is 16.3. The second kappa shape index (κ2) is 5.96. The lowest BCUT2D eigenvalue weighted by molar-refractivity contribution is -0.123. The number of hydrogen-bond acceptors (Lipinski definition) is 2. The predicted molar refractivity (Wildman–Crippen MR) is 78.1 cm³/mol. The summed E-state index contributed by atoms with van der Waals surface area (Å²) in [6.07, 6.45) is 5.68. The van der Waals surface area contributed by atoms with Crippen molar-refractivity contribution in [3.05, 3.63) is 35.9 Å². The summed E-state index contributed by atoms with van der Waals surface area (Å²) >= 11 is 0. The molecule has 2 unspecified atom stereocenters. The molecule has 3 atom stereocenters. The van der Waals surface area contributed by atoms with Crippen molar-refractivity contribution in [2.75, 3.05) is 6.61 Å². The van der Waals surface area contributed by atoms with E-state index in [9.17, 15) is 9.90 Å². The van der Waals surface area contributed by atoms with Gasteiger partial charge in [0.1, 0.15) is 0 Å². The smallest absolute Gasteiger partial charge is 0.223 e. The van der Waals surface area contributed by atoms with Crippen molar-refractivity contribution in [3.8, 4) is 0 Å². The van der Waals surface area contributed by atoms with Gasteiger partial charge in [-0.2, -0.15) is 0 Å². The Morgan fingerprint density at radius 1 is 1.20 bits per heavy atom. The zero-order chi connectivity index (χ0) is 13.9. The van der Waals surface area contributed by atoms with Gasteiger partial charge in [-0.3, -0.25) is 4.79 Å². The van der Waals surface area contributed by atoms with Crippen molar-refractivity contribution < 1.29 is 9.90 Å². The number of amides is 1. The first-order valence-electron chi connectivity index (χ1n) is 7.74. The third kappa shape index (κ3) is 2.88. The summed E-state index contributed by atoms with van der Waals surface area (Å²) in [5, 5.41) is 12.5. The third-order valence-corrected chi connectivity index (χ3v) is 4.85. The lowest BCUT2D eigenvalue weighted by atomic mass is 10.0. The molecule has 2 fully saturated rings. The maximum Gasteiger partial charge on any atom is 0.223 e. The minimum atomic E-state index is -0.160. The molecule has 0 aromatic heterocycles. The average molecular weight is 273 g/mol. The Morgan fingerprint density at radius 3 is 2.45 bits per heavy atom. The first kappa shape index (κ1) is 13.6. The molecule has 1 aromatic carbocycles. The molecule has 0 bridgehead atoms. The van der Waals surface area contributed by atoms with E-state index in [1.54, 1.807) is 0 Å². The van der Waals surface area contributed by atoms with Crippen molar-refractivity contribution in [1.29, 1.82) is 0 Å². The second-order valence-electron chi connectivity index (χ2n) is 6.22. The highest BCUT2D eigenvalue weighted by Gasteiger charge is 2.54. The summed E-state index contributed by atoms with van der Waals surface area (Å²) in [6, 6.07) is 9.86. The summed E-state index contributed by atoms with van der Waals surface area (Å²) in [7, 11) is 0. The average Bonchev–Trinajstić information content (AvgIpc) is 3.22. The van der Waals surface area contributed by atoms with Crippen LogP contribution in [0.2, 0.25) is 0 Å². The highest BCUT2D eigenvalue weighted by molar-refractivity contribution is 5.82. The molecule has 20 heavy (non-hydrogen) atoms. The highest BCUT2D eigenvalue weighted by Crippen LogP contribution is 2.55. The van der Waals surface area contributed by atoms with Crippen LogP contribution in [0.3, 0.4) is 0 Å². The van der Waals surface area contributed by atoms with Crippen LogP contribution in [-0.4, -0.2) is 23.7 Å². The van der Waals surface area contributed by atoms with Crippen LogP contribution in [0.25, 0.3) is 0 Å². The molecule has 2 aliphatic carbocycles. The molecule has 1 aromatic rings. The number of nitrogens with one attached hydrogen (secondary N) is 1. The van der Waals surface area contributed by atoms with E-state index in [1.807, 2.05) is 30.3 Å². The van der Waals surface area contributed by atoms with E-state index in [1.165, 1.54) is 25.7 Å². The normalized spacial score (nSPS) is 29.4. The SMILES string of the molecule is O=C(N[C@H](CO)Cc1ccccc1)C1C2CCCCC21. The van der Waals surface area contributed by atoms with E-state index < -0.39 is 0 Å². The van der Waals surface area contributed by atoms with Gasteiger partial charge in [0.2, 0.25) is 5.91 Å². The zero-order valence-electron chi connectivity index (χ0n) is 11.8. The molecule has 2 N–H and O–H groups in total. The molecule has 0 aliphatic heterocycles. The van der Waals surface area contributed by atoms with E-state index in [4.69, 9.17) is 0 Å². The predicted octanol–water partition coefficient (Wildman–Crippen LogP) is 2.14. The first-order valence-corrected chi connectivity index (χ1v) is 7.74. The van der Waals surface area contributed by atoms with Gasteiger partial charge in [0, 0.05) is 5.92 Å². The maximum absolute atomic E-state index is 12.3. The van der Waals surface area contributed by atoms with Crippen LogP contribution in [0.5, 0.6) is 0 Å². The van der Waals surface area contributed by atoms with Crippen LogP contribution in [0.15, 0.2) is 30.3 Å². The summed E-state index contributed by atoms with van der Waals surface area (Å²) in [4.78, 5) is 12.3. The summed E-state index contributed by atoms with van der Waals surface area (Å²) in [5.41, 5.74) is 1.15. The quantitative estimate of drug-likeness (QED) is 0.863. The minimum Gasteiger partial charge on any atom is -0.394 e. The fraction of sp³-hybridized carbons (Fsp3) is 0.588. The fourth-order valence-electron chi connectivity index (χ4n) is 3.74. The van der Waals surface area contributed by atoms with Crippen LogP contribution < -0.4 is 5.32 Å². The maximum atomic E-state index is 12.3. The van der Waals surface area contributed by atoms with Gasteiger partial charge in [0.15, 0.2) is 0 Å². The number of carbonyl (C=O) groups is 1. The van der Waals surface area contributed by atoms with Crippen molar-refractivity contribution >= 4 is 5.91 Å². The Bertz CT molecular complexity index is 447. The number of carbonyl (C=O) groups excluding carboxylic acids is 1. The van der Waals surface area contributed by atoms with Gasteiger partial charge in [-0.1, -0.05) is 43.2 Å². The number of rotatable bonds is 5. The number of aliphatic hydroxyl groups excluding tert-OH is 1. The van der Waals surface area contributed by atoms with Crippen molar-refractivity contribution in [2.45, 2.75) is 38.1 Å². The molecule has 2 aliphatic rings. The Hall–Kier alpha value is -1.35. The molecule has 3 rings (SSSR count).